The predicted octanol–water partition coefficient (Wildman–Crippen LogP) is 2.46. The Bertz CT molecular complexity index is 381. The first-order chi connectivity index (χ1) is 8.09. The third-order valence-electron chi connectivity index (χ3n) is 2.96. The predicted molar refractivity (Wildman–Crippen MR) is 56.7 cm³/mol. The number of hydrogen-bond donors (Lipinski definition) is 0. The van der Waals surface area contributed by atoms with Gasteiger partial charge >= 0.3 is 12.1 Å². The Kier molecular flexibility index (Phi) is 2.96. The van der Waals surface area contributed by atoms with E-state index in [2.05, 4.69) is 0 Å². The van der Waals surface area contributed by atoms with Crippen molar-refractivity contribution >= 4 is 5.97 Å². The largest absolute Gasteiger partial charge is 0.460 e. The molecule has 18 heavy (non-hydrogen) atoms. The molecule has 6 heteroatoms. The number of halogens is 3. The molecular weight excluding hydrogens is 249 g/mol. The summed E-state index contributed by atoms with van der Waals surface area (Å²) in [5.74, 6) is -3.94. The fourth-order valence-electron chi connectivity index (χ4n) is 2.35. The minimum Gasteiger partial charge on any atom is -0.460 e. The van der Waals surface area contributed by atoms with Crippen LogP contribution >= 0.6 is 0 Å². The van der Waals surface area contributed by atoms with Crippen molar-refractivity contribution in [2.24, 2.45) is 11.8 Å². The molecule has 0 aromatic carbocycles. The first-order valence-electron chi connectivity index (χ1n) is 5.73. The van der Waals surface area contributed by atoms with E-state index in [-0.39, 0.29) is 0 Å². The van der Waals surface area contributed by atoms with Gasteiger partial charge in [-0.15, -0.1) is 0 Å². The Balaban J connectivity index is 2.21. The van der Waals surface area contributed by atoms with E-state index < -0.39 is 41.8 Å². The van der Waals surface area contributed by atoms with Gasteiger partial charge in [0.15, 0.2) is 0 Å². The van der Waals surface area contributed by atoms with E-state index >= 15 is 0 Å². The van der Waals surface area contributed by atoms with E-state index in [1.807, 2.05) is 0 Å². The third-order valence-corrected chi connectivity index (χ3v) is 2.96. The highest BCUT2D eigenvalue weighted by Crippen LogP contribution is 2.48. The smallest absolute Gasteiger partial charge is 0.395 e. The average Bonchev–Trinajstić information content (AvgIpc) is 2.71. The van der Waals surface area contributed by atoms with Crippen LogP contribution in [0.4, 0.5) is 13.2 Å². The van der Waals surface area contributed by atoms with E-state index in [0.29, 0.717) is 0 Å². The minimum atomic E-state index is -4.47. The summed E-state index contributed by atoms with van der Waals surface area (Å²) in [6, 6.07) is 0. The fourth-order valence-corrected chi connectivity index (χ4v) is 2.35. The highest BCUT2D eigenvalue weighted by atomic mass is 19.4. The first kappa shape index (κ1) is 13.4. The summed E-state index contributed by atoms with van der Waals surface area (Å²) in [5, 5.41) is 0. The maximum Gasteiger partial charge on any atom is 0.395 e. The number of hydrogen-bond acceptors (Lipinski definition) is 3. The van der Waals surface area contributed by atoms with E-state index in [1.54, 1.807) is 20.8 Å². The Morgan fingerprint density at radius 3 is 2.22 bits per heavy atom. The van der Waals surface area contributed by atoms with Crippen molar-refractivity contribution < 1.29 is 27.4 Å². The molecule has 0 amide bonds. The molecule has 2 rings (SSSR count). The summed E-state index contributed by atoms with van der Waals surface area (Å²) < 4.78 is 49.0. The molecule has 102 valence electrons. The highest BCUT2D eigenvalue weighted by Gasteiger charge is 2.61. The molecule has 0 radical (unpaired) electrons. The molecule has 0 aliphatic carbocycles. The maximum absolute atomic E-state index is 12.9. The van der Waals surface area contributed by atoms with Crippen molar-refractivity contribution in [2.45, 2.75) is 44.8 Å². The Hall–Kier alpha value is -1.04. The van der Waals surface area contributed by atoms with Gasteiger partial charge in [0, 0.05) is 0 Å². The van der Waals surface area contributed by atoms with Crippen LogP contribution < -0.4 is 0 Å². The summed E-state index contributed by atoms with van der Waals surface area (Å²) in [7, 11) is 0. The number of alkyl halides is 3. The molecule has 2 bridgehead atoms. The number of carbonyl (C=O) groups excluding carboxylic acids is 1. The van der Waals surface area contributed by atoms with Crippen LogP contribution in [0.15, 0.2) is 12.2 Å². The lowest BCUT2D eigenvalue weighted by atomic mass is 9.82. The van der Waals surface area contributed by atoms with Crippen molar-refractivity contribution in [1.29, 1.82) is 0 Å². The third kappa shape index (κ3) is 2.39. The average molecular weight is 264 g/mol. The van der Waals surface area contributed by atoms with Crippen LogP contribution in [0.2, 0.25) is 0 Å². The summed E-state index contributed by atoms with van der Waals surface area (Å²) in [5.41, 5.74) is -0.807. The minimum absolute atomic E-state index is 0.807. The topological polar surface area (TPSA) is 35.5 Å². The molecule has 1 saturated heterocycles. The van der Waals surface area contributed by atoms with Gasteiger partial charge in [-0.25, -0.2) is 0 Å². The van der Waals surface area contributed by atoms with Crippen molar-refractivity contribution in [3.63, 3.8) is 0 Å². The number of carbonyl (C=O) groups is 1. The van der Waals surface area contributed by atoms with Gasteiger partial charge in [-0.2, -0.15) is 13.2 Å². The van der Waals surface area contributed by atoms with Crippen molar-refractivity contribution in [2.75, 3.05) is 0 Å². The lowest BCUT2D eigenvalue weighted by molar-refractivity contribution is -0.201. The fraction of sp³-hybridized carbons (Fsp3) is 0.750. The second kappa shape index (κ2) is 3.98. The van der Waals surface area contributed by atoms with Crippen LogP contribution in [0.25, 0.3) is 0 Å². The molecule has 0 unspecified atom stereocenters. The molecule has 3 nitrogen and oxygen atoms in total. The zero-order valence-electron chi connectivity index (χ0n) is 10.3. The van der Waals surface area contributed by atoms with Gasteiger partial charge in [0.2, 0.25) is 0 Å². The summed E-state index contributed by atoms with van der Waals surface area (Å²) in [6.07, 6.45) is -3.49. The van der Waals surface area contributed by atoms with Crippen molar-refractivity contribution in [1.82, 2.24) is 0 Å². The second-order valence-corrected chi connectivity index (χ2v) is 5.58. The molecule has 2 aliphatic rings. The lowest BCUT2D eigenvalue weighted by Crippen LogP contribution is -2.43. The Labute approximate surface area is 103 Å². The van der Waals surface area contributed by atoms with E-state index in [1.165, 1.54) is 12.2 Å². The SMILES string of the molecule is CC(C)(C)OC(=O)[C@H]1[C@@H](C(F)(F)F)[C@H]2C=C[C@@H]1O2. The number of esters is 1. The molecule has 0 aromatic heterocycles. The van der Waals surface area contributed by atoms with Crippen LogP contribution in [0.5, 0.6) is 0 Å². The maximum atomic E-state index is 12.9. The second-order valence-electron chi connectivity index (χ2n) is 5.58. The van der Waals surface area contributed by atoms with Crippen LogP contribution in [-0.2, 0) is 14.3 Å². The molecule has 0 N–H and O–H groups in total. The molecule has 0 saturated carbocycles. The zero-order chi connectivity index (χ0) is 13.7. The molecule has 4 atom stereocenters. The van der Waals surface area contributed by atoms with E-state index in [4.69, 9.17) is 9.47 Å². The van der Waals surface area contributed by atoms with E-state index in [9.17, 15) is 18.0 Å². The molecule has 0 aromatic rings. The first-order valence-corrected chi connectivity index (χ1v) is 5.73. The van der Waals surface area contributed by atoms with E-state index in [0.717, 1.165) is 0 Å². The van der Waals surface area contributed by atoms with Crippen molar-refractivity contribution in [3.8, 4) is 0 Å². The zero-order valence-corrected chi connectivity index (χ0v) is 10.3. The molecule has 0 spiro atoms. The van der Waals surface area contributed by atoms with Gasteiger partial charge in [-0.1, -0.05) is 12.2 Å². The number of fused-ring (bicyclic) bond motifs is 2. The van der Waals surface area contributed by atoms with Gasteiger partial charge in [-0.05, 0) is 20.8 Å². The summed E-state index contributed by atoms with van der Waals surface area (Å²) in [4.78, 5) is 11.9. The van der Waals surface area contributed by atoms with Gasteiger partial charge < -0.3 is 9.47 Å². The van der Waals surface area contributed by atoms with Gasteiger partial charge in [0.1, 0.15) is 17.4 Å². The number of ether oxygens (including phenoxy) is 2. The highest BCUT2D eigenvalue weighted by molar-refractivity contribution is 5.75. The quantitative estimate of drug-likeness (QED) is 0.539. The van der Waals surface area contributed by atoms with Gasteiger partial charge in [-0.3, -0.25) is 4.79 Å². The monoisotopic (exact) mass is 264 g/mol. The standard InChI is InChI=1S/C12H15F3O3/c1-11(2,3)18-10(16)8-6-4-5-7(17-6)9(8)12(13,14)15/h4-9H,1-3H3/t6-,7+,8+,9-/m0/s1. The molecule has 2 aliphatic heterocycles. The van der Waals surface area contributed by atoms with Crippen LogP contribution in [0.1, 0.15) is 20.8 Å². The molecule has 2 heterocycles. The summed E-state index contributed by atoms with van der Waals surface area (Å²) in [6.45, 7) is 4.87. The van der Waals surface area contributed by atoms with Crippen LogP contribution in [0, 0.1) is 11.8 Å². The van der Waals surface area contributed by atoms with Gasteiger partial charge in [0.05, 0.1) is 12.2 Å². The Morgan fingerprint density at radius 2 is 1.72 bits per heavy atom. The lowest BCUT2D eigenvalue weighted by Gasteiger charge is -2.28. The molecular formula is C12H15F3O3. The number of rotatable bonds is 1. The Morgan fingerprint density at radius 1 is 1.17 bits per heavy atom. The normalized spacial score (nSPS) is 35.0. The van der Waals surface area contributed by atoms with Crippen LogP contribution in [-0.4, -0.2) is 30.0 Å². The van der Waals surface area contributed by atoms with Crippen molar-refractivity contribution in [3.05, 3.63) is 12.2 Å². The van der Waals surface area contributed by atoms with Gasteiger partial charge in [0.25, 0.3) is 0 Å². The molecule has 1 fully saturated rings. The van der Waals surface area contributed by atoms with Crippen LogP contribution in [0.3, 0.4) is 0 Å². The summed E-state index contributed by atoms with van der Waals surface area (Å²) >= 11 is 0.